The Labute approximate surface area is 72.0 Å². The van der Waals surface area contributed by atoms with Crippen molar-refractivity contribution in [1.82, 2.24) is 14.8 Å². The molecule has 2 rings (SSSR count). The van der Waals surface area contributed by atoms with Crippen LogP contribution < -0.4 is 0 Å². The van der Waals surface area contributed by atoms with Crippen molar-refractivity contribution in [2.45, 2.75) is 13.8 Å². The van der Waals surface area contributed by atoms with Crippen LogP contribution in [0.15, 0.2) is 24.5 Å². The predicted molar refractivity (Wildman–Crippen MR) is 49.9 cm³/mol. The minimum Gasteiger partial charge on any atom is -0.273 e. The summed E-state index contributed by atoms with van der Waals surface area (Å²) in [6, 6.07) is 3.90. The van der Waals surface area contributed by atoms with E-state index in [2.05, 4.69) is 10.1 Å². The fraction of sp³-hybridized carbons (Fsp3) is 0.333. The Kier molecular flexibility index (Phi) is 2.80. The first-order valence-corrected chi connectivity index (χ1v) is 4.10. The Morgan fingerprint density at radius 1 is 1.33 bits per heavy atom. The molecule has 3 nitrogen and oxygen atoms in total. The second-order valence-electron chi connectivity index (χ2n) is 2.22. The molecule has 2 aromatic rings. The lowest BCUT2D eigenvalue weighted by atomic mass is 10.4. The number of rotatable bonds is 0. The molecule has 0 aromatic carbocycles. The van der Waals surface area contributed by atoms with Crippen molar-refractivity contribution in [2.75, 3.05) is 0 Å². The lowest BCUT2D eigenvalue weighted by Gasteiger charge is -1.80. The van der Waals surface area contributed by atoms with Crippen molar-refractivity contribution in [3.8, 4) is 0 Å². The van der Waals surface area contributed by atoms with Crippen LogP contribution in [0.3, 0.4) is 0 Å². The summed E-state index contributed by atoms with van der Waals surface area (Å²) in [5.74, 6) is 0. The summed E-state index contributed by atoms with van der Waals surface area (Å²) in [6.07, 6.45) is 3.69. The maximum absolute atomic E-state index is 4.12. The first-order chi connectivity index (χ1) is 5.86. The molecule has 0 aliphatic carbocycles. The average Bonchev–Trinajstić information content (AvgIpc) is 2.48. The van der Waals surface area contributed by atoms with Crippen molar-refractivity contribution in [3.63, 3.8) is 0 Å². The number of aryl methyl sites for hydroxylation is 1. The van der Waals surface area contributed by atoms with Crippen molar-refractivity contribution in [2.24, 2.45) is 7.05 Å². The molecular formula is C9H13N3. The Balaban J connectivity index is 0.000000336. The van der Waals surface area contributed by atoms with Gasteiger partial charge in [-0.25, -0.2) is 4.98 Å². The van der Waals surface area contributed by atoms with Gasteiger partial charge in [-0.1, -0.05) is 13.8 Å². The summed E-state index contributed by atoms with van der Waals surface area (Å²) in [6.45, 7) is 4.00. The van der Waals surface area contributed by atoms with Crippen LogP contribution in [0, 0.1) is 0 Å². The molecule has 0 atom stereocenters. The number of hydrogen-bond donors (Lipinski definition) is 0. The molecule has 2 heterocycles. The van der Waals surface area contributed by atoms with Gasteiger partial charge in [0.2, 0.25) is 0 Å². The van der Waals surface area contributed by atoms with Gasteiger partial charge in [0, 0.05) is 24.8 Å². The lowest BCUT2D eigenvalue weighted by molar-refractivity contribution is 0.776. The Hall–Kier alpha value is -1.38. The van der Waals surface area contributed by atoms with E-state index in [0.717, 1.165) is 11.0 Å². The van der Waals surface area contributed by atoms with E-state index in [0.29, 0.717) is 0 Å². The molecule has 0 fully saturated rings. The number of pyridine rings is 1. The predicted octanol–water partition coefficient (Wildman–Crippen LogP) is 1.99. The molecule has 0 amide bonds. The van der Waals surface area contributed by atoms with E-state index in [1.54, 1.807) is 10.9 Å². The highest BCUT2D eigenvalue weighted by molar-refractivity contribution is 5.73. The average molecular weight is 163 g/mol. The third-order valence-electron chi connectivity index (χ3n) is 1.40. The highest BCUT2D eigenvalue weighted by Gasteiger charge is 1.94. The van der Waals surface area contributed by atoms with Crippen LogP contribution in [0.2, 0.25) is 0 Å². The van der Waals surface area contributed by atoms with Gasteiger partial charge in [0.1, 0.15) is 0 Å². The second-order valence-corrected chi connectivity index (χ2v) is 2.22. The second kappa shape index (κ2) is 3.85. The molecule has 0 spiro atoms. The van der Waals surface area contributed by atoms with Gasteiger partial charge in [-0.05, 0) is 12.1 Å². The zero-order valence-corrected chi connectivity index (χ0v) is 7.65. The summed E-state index contributed by atoms with van der Waals surface area (Å²) in [5, 5.41) is 5.21. The molecule has 2 aromatic heterocycles. The smallest absolute Gasteiger partial charge is 0.181 e. The van der Waals surface area contributed by atoms with Crippen LogP contribution >= 0.6 is 0 Å². The van der Waals surface area contributed by atoms with Crippen LogP contribution in [0.5, 0.6) is 0 Å². The van der Waals surface area contributed by atoms with Gasteiger partial charge in [-0.3, -0.25) is 4.68 Å². The number of fused-ring (bicyclic) bond motifs is 1. The summed E-state index contributed by atoms with van der Waals surface area (Å²) < 4.78 is 1.76. The summed E-state index contributed by atoms with van der Waals surface area (Å²) >= 11 is 0. The first-order valence-electron chi connectivity index (χ1n) is 4.10. The molecule has 0 aliphatic rings. The van der Waals surface area contributed by atoms with Crippen LogP contribution in [0.25, 0.3) is 11.0 Å². The lowest BCUT2D eigenvalue weighted by Crippen LogP contribution is -1.85. The van der Waals surface area contributed by atoms with E-state index in [4.69, 9.17) is 0 Å². The van der Waals surface area contributed by atoms with Crippen molar-refractivity contribution >= 4 is 11.0 Å². The van der Waals surface area contributed by atoms with E-state index in [-0.39, 0.29) is 0 Å². The Morgan fingerprint density at radius 2 is 2.08 bits per heavy atom. The highest BCUT2D eigenvalue weighted by Crippen LogP contribution is 2.05. The van der Waals surface area contributed by atoms with Crippen LogP contribution in [-0.4, -0.2) is 14.8 Å². The van der Waals surface area contributed by atoms with Crippen LogP contribution in [0.4, 0.5) is 0 Å². The monoisotopic (exact) mass is 163 g/mol. The van der Waals surface area contributed by atoms with Gasteiger partial charge >= 0.3 is 0 Å². The molecule has 0 saturated heterocycles. The molecule has 0 bridgehead atoms. The largest absolute Gasteiger partial charge is 0.273 e. The Bertz CT molecular complexity index is 318. The van der Waals surface area contributed by atoms with Crippen molar-refractivity contribution in [3.05, 3.63) is 24.5 Å². The van der Waals surface area contributed by atoms with E-state index in [1.165, 1.54) is 0 Å². The third-order valence-corrected chi connectivity index (χ3v) is 1.40. The molecule has 0 radical (unpaired) electrons. The van der Waals surface area contributed by atoms with E-state index in [9.17, 15) is 0 Å². The van der Waals surface area contributed by atoms with Crippen LogP contribution in [0.1, 0.15) is 13.8 Å². The van der Waals surface area contributed by atoms with Gasteiger partial charge < -0.3 is 0 Å². The zero-order chi connectivity index (χ0) is 8.97. The van der Waals surface area contributed by atoms with Crippen molar-refractivity contribution in [1.29, 1.82) is 0 Å². The highest BCUT2D eigenvalue weighted by atomic mass is 15.3. The molecular weight excluding hydrogens is 150 g/mol. The molecule has 3 heteroatoms. The van der Waals surface area contributed by atoms with Gasteiger partial charge in [0.05, 0.1) is 0 Å². The summed E-state index contributed by atoms with van der Waals surface area (Å²) in [7, 11) is 1.89. The van der Waals surface area contributed by atoms with E-state index >= 15 is 0 Å². The minimum absolute atomic E-state index is 0.810. The van der Waals surface area contributed by atoms with Gasteiger partial charge in [-0.2, -0.15) is 5.10 Å². The molecule has 0 saturated carbocycles. The quantitative estimate of drug-likeness (QED) is 0.594. The molecule has 0 N–H and O–H groups in total. The third kappa shape index (κ3) is 1.61. The van der Waals surface area contributed by atoms with E-state index in [1.807, 2.05) is 39.2 Å². The van der Waals surface area contributed by atoms with E-state index < -0.39 is 0 Å². The standard InChI is InChI=1S/C7H7N3.C2H6/c1-10-5-6-3-2-4-8-7(6)9-10;1-2/h2-5H,1H3;1-2H3. The topological polar surface area (TPSA) is 30.7 Å². The summed E-state index contributed by atoms with van der Waals surface area (Å²) in [4.78, 5) is 4.07. The number of aromatic nitrogens is 3. The maximum Gasteiger partial charge on any atom is 0.181 e. The zero-order valence-electron chi connectivity index (χ0n) is 7.65. The van der Waals surface area contributed by atoms with Gasteiger partial charge in [-0.15, -0.1) is 0 Å². The molecule has 0 aliphatic heterocycles. The minimum atomic E-state index is 0.810. The summed E-state index contributed by atoms with van der Waals surface area (Å²) in [5.41, 5.74) is 0.810. The molecule has 12 heavy (non-hydrogen) atoms. The van der Waals surface area contributed by atoms with Crippen molar-refractivity contribution < 1.29 is 0 Å². The Morgan fingerprint density at radius 3 is 2.75 bits per heavy atom. The SMILES string of the molecule is CC.Cn1cc2cccnc2n1. The number of hydrogen-bond acceptors (Lipinski definition) is 2. The van der Waals surface area contributed by atoms with Gasteiger partial charge in [0.15, 0.2) is 5.65 Å². The van der Waals surface area contributed by atoms with Crippen LogP contribution in [-0.2, 0) is 7.05 Å². The fourth-order valence-corrected chi connectivity index (χ4v) is 0.973. The first kappa shape index (κ1) is 8.71. The number of nitrogens with zero attached hydrogens (tertiary/aromatic N) is 3. The fourth-order valence-electron chi connectivity index (χ4n) is 0.973. The maximum atomic E-state index is 4.12. The molecule has 0 unspecified atom stereocenters. The normalized spacial score (nSPS) is 9.25. The molecule has 64 valence electrons. The van der Waals surface area contributed by atoms with Gasteiger partial charge in [0.25, 0.3) is 0 Å².